The van der Waals surface area contributed by atoms with Crippen molar-refractivity contribution in [3.05, 3.63) is 0 Å². The molecule has 0 atom stereocenters. The second kappa shape index (κ2) is 16.9. The molecule has 4 heavy (non-hydrogen) atoms. The number of hydrogen-bond acceptors (Lipinski definition) is 0. The third-order valence-corrected chi connectivity index (χ3v) is 0. The fraction of sp³-hybridized carbons (Fsp3) is 1.00. The Labute approximate surface area is 87.6 Å². The van der Waals surface area contributed by atoms with E-state index in [1.54, 1.807) is 0 Å². The van der Waals surface area contributed by atoms with Crippen LogP contribution in [0.15, 0.2) is 0 Å². The molecule has 0 fully saturated rings. The van der Waals surface area contributed by atoms with E-state index in [2.05, 4.69) is 1.02 Å². The van der Waals surface area contributed by atoms with E-state index in [4.69, 9.17) is 0 Å². The molecular weight excluding hydrogens is 155 g/mol. The van der Waals surface area contributed by atoms with Crippen molar-refractivity contribution in [2.24, 2.45) is 0 Å². The minimum Gasteiger partial charge on any atom is 0.316 e. The van der Waals surface area contributed by atoms with Crippen molar-refractivity contribution >= 4 is 89.0 Å². The Kier molecular flexibility index (Phi) is 66.7. The fourth-order valence-corrected chi connectivity index (χ4v) is 0. The summed E-state index contributed by atoms with van der Waals surface area (Å²) in [6.45, 7) is 0. The van der Waals surface area contributed by atoms with Gasteiger partial charge in [-0.2, -0.15) is 0 Å². The Balaban J connectivity index is -0.00000000500. The summed E-state index contributed by atoms with van der Waals surface area (Å²) in [7, 11) is 0. The van der Waals surface area contributed by atoms with Crippen LogP contribution in [-0.2, 0) is 0 Å². The van der Waals surface area contributed by atoms with Gasteiger partial charge in [-0.25, -0.2) is 0 Å². The predicted octanol–water partition coefficient (Wildman–Crippen LogP) is -0.135. The van der Waals surface area contributed by atoms with Gasteiger partial charge >= 0.3 is 73.0 Å². The molecule has 0 aliphatic heterocycles. The summed E-state index contributed by atoms with van der Waals surface area (Å²) < 4.78 is 2.19. The van der Waals surface area contributed by atoms with Gasteiger partial charge in [0.25, 0.3) is 0 Å². The van der Waals surface area contributed by atoms with Crippen molar-refractivity contribution in [3.8, 4) is 0 Å². The van der Waals surface area contributed by atoms with Crippen LogP contribution < -0.4 is 0 Å². The molecule has 0 saturated carbocycles. The van der Waals surface area contributed by atoms with Crippen LogP contribution in [0.3, 0.4) is 0 Å². The molecule has 0 aliphatic rings. The molecular formula is CH6BrKMg. The van der Waals surface area contributed by atoms with Gasteiger partial charge in [-0.3, -0.25) is 0 Å². The van der Waals surface area contributed by atoms with Crippen LogP contribution in [0.25, 0.3) is 0 Å². The molecule has 0 aromatic heterocycles. The third-order valence-electron chi connectivity index (χ3n) is 0. The minimum atomic E-state index is 0. The maximum atomic E-state index is 2.19. The average Bonchev–Trinajstić information content (AvgIpc) is 1.00. The van der Waals surface area contributed by atoms with Crippen molar-refractivity contribution in [1.29, 1.82) is 0 Å². The van der Waals surface area contributed by atoms with Gasteiger partial charge in [0.15, 0.2) is 0 Å². The SMILES string of the molecule is Br.[CH3][K].[MgH2]. The van der Waals surface area contributed by atoms with Gasteiger partial charge in [0.2, 0.25) is 0 Å². The molecule has 0 N–H and O–H groups in total. The zero-order valence-corrected chi connectivity index (χ0v) is 7.24. The first-order valence-corrected chi connectivity index (χ1v) is 4.12. The van der Waals surface area contributed by atoms with Crippen LogP contribution in [0.4, 0.5) is 0 Å². The summed E-state index contributed by atoms with van der Waals surface area (Å²) >= 11 is 1.06. The Morgan fingerprint density at radius 2 is 1.25 bits per heavy atom. The van der Waals surface area contributed by atoms with E-state index in [1.807, 2.05) is 0 Å². The smallest absolute Gasteiger partial charge is 0.316 e. The Morgan fingerprint density at radius 3 is 1.25 bits per heavy atom. The summed E-state index contributed by atoms with van der Waals surface area (Å²) in [6, 6.07) is 0. The van der Waals surface area contributed by atoms with E-state index in [1.165, 1.54) is 0 Å². The summed E-state index contributed by atoms with van der Waals surface area (Å²) in [4.78, 5) is 0. The van der Waals surface area contributed by atoms with E-state index in [9.17, 15) is 0 Å². The van der Waals surface area contributed by atoms with Gasteiger partial charge < -0.3 is 0 Å². The molecule has 0 unspecified atom stereocenters. The average molecular weight is 161 g/mol. The van der Waals surface area contributed by atoms with Crippen LogP contribution >= 0.6 is 17.0 Å². The van der Waals surface area contributed by atoms with E-state index >= 15 is 0 Å². The molecule has 0 rings (SSSR count). The van der Waals surface area contributed by atoms with Gasteiger partial charge in [0.1, 0.15) is 0 Å². The zero-order chi connectivity index (χ0) is 2.00. The van der Waals surface area contributed by atoms with Crippen LogP contribution in [0.1, 0.15) is 0 Å². The maximum absolute atomic E-state index is 2.19. The molecule has 0 amide bonds. The summed E-state index contributed by atoms with van der Waals surface area (Å²) in [5.74, 6) is 0. The quantitative estimate of drug-likeness (QED) is 0.434. The van der Waals surface area contributed by atoms with Crippen LogP contribution in [0.5, 0.6) is 0 Å². The zero-order valence-electron chi connectivity index (χ0n) is 2.41. The number of halogens is 1. The summed E-state index contributed by atoms with van der Waals surface area (Å²) in [5.41, 5.74) is 0. The van der Waals surface area contributed by atoms with Gasteiger partial charge in [-0.15, -0.1) is 17.0 Å². The Morgan fingerprint density at radius 1 is 1.25 bits per heavy atom. The predicted molar refractivity (Wildman–Crippen MR) is 30.5 cm³/mol. The largest absolute Gasteiger partial charge is 0.316 e. The molecule has 0 heterocycles. The number of hydrogen-bond donors (Lipinski definition) is 0. The summed E-state index contributed by atoms with van der Waals surface area (Å²) in [6.07, 6.45) is 0. The standard InChI is InChI=1S/CH3.BrH.K.Mg.2H/h1H3;1H;;;;. The van der Waals surface area contributed by atoms with Gasteiger partial charge in [0.05, 0.1) is 0 Å². The van der Waals surface area contributed by atoms with E-state index in [-0.39, 0.29) is 40.0 Å². The summed E-state index contributed by atoms with van der Waals surface area (Å²) in [5, 5.41) is 0. The van der Waals surface area contributed by atoms with Crippen molar-refractivity contribution in [2.75, 3.05) is 0 Å². The Bertz CT molecular complexity index is 8.00. The molecule has 0 radical (unpaired) electrons. The van der Waals surface area contributed by atoms with Gasteiger partial charge in [-0.1, -0.05) is 0 Å². The normalized spacial score (nSPS) is 1.75. The van der Waals surface area contributed by atoms with Crippen LogP contribution in [-0.4, -0.2) is 72.0 Å². The van der Waals surface area contributed by atoms with Crippen LogP contribution in [0, 0.1) is 0 Å². The van der Waals surface area contributed by atoms with Crippen molar-refractivity contribution in [2.45, 2.75) is 1.02 Å². The van der Waals surface area contributed by atoms with Crippen molar-refractivity contribution < 1.29 is 0 Å². The molecule has 0 spiro atoms. The monoisotopic (exact) mass is 160 g/mol. The molecule has 20 valence electrons. The maximum Gasteiger partial charge on any atom is 0.316 e. The molecule has 0 saturated heterocycles. The molecule has 0 aromatic rings. The fourth-order valence-electron chi connectivity index (χ4n) is 0. The molecule has 3 heteroatoms. The number of rotatable bonds is 0. The Hall–Kier alpha value is 2.88. The third kappa shape index (κ3) is 8.86. The first-order chi connectivity index (χ1) is 1.00. The van der Waals surface area contributed by atoms with Crippen LogP contribution in [0.2, 0.25) is 1.02 Å². The van der Waals surface area contributed by atoms with Gasteiger partial charge in [-0.05, 0) is 0 Å². The molecule has 0 nitrogen and oxygen atoms in total. The van der Waals surface area contributed by atoms with Crippen molar-refractivity contribution in [1.82, 2.24) is 0 Å². The van der Waals surface area contributed by atoms with E-state index < -0.39 is 0 Å². The minimum absolute atomic E-state index is 0. The van der Waals surface area contributed by atoms with Crippen molar-refractivity contribution in [3.63, 3.8) is 0 Å². The van der Waals surface area contributed by atoms with Gasteiger partial charge in [0, 0.05) is 0 Å². The molecule has 0 aromatic carbocycles. The second-order valence-corrected chi connectivity index (χ2v) is 0. The van der Waals surface area contributed by atoms with E-state index in [0.717, 1.165) is 49.0 Å². The molecule has 0 aliphatic carbocycles. The topological polar surface area (TPSA) is 0 Å². The van der Waals surface area contributed by atoms with E-state index in [0.29, 0.717) is 0 Å². The second-order valence-electron chi connectivity index (χ2n) is 0. The molecule has 0 bridgehead atoms. The first kappa shape index (κ1) is 15.8. The first-order valence-electron chi connectivity index (χ1n) is 1.00.